The van der Waals surface area contributed by atoms with Crippen LogP contribution in [0.4, 0.5) is 0 Å². The highest BCUT2D eigenvalue weighted by molar-refractivity contribution is 5.29. The Hall–Kier alpha value is -1.35. The van der Waals surface area contributed by atoms with Crippen molar-refractivity contribution in [3.05, 3.63) is 71.8 Å². The van der Waals surface area contributed by atoms with Crippen LogP contribution in [0.3, 0.4) is 0 Å². The molecule has 0 spiro atoms. The van der Waals surface area contributed by atoms with Gasteiger partial charge >= 0.3 is 0 Å². The van der Waals surface area contributed by atoms with Crippen LogP contribution in [0.5, 0.6) is 0 Å². The molecule has 0 heterocycles. The summed E-state index contributed by atoms with van der Waals surface area (Å²) < 4.78 is 5.90. The van der Waals surface area contributed by atoms with Gasteiger partial charge in [0.15, 0.2) is 0 Å². The van der Waals surface area contributed by atoms with E-state index in [0.717, 1.165) is 6.54 Å². The third-order valence-electron chi connectivity index (χ3n) is 2.63. The van der Waals surface area contributed by atoms with Crippen molar-refractivity contribution in [3.8, 4) is 0 Å². The topological polar surface area (TPSA) is 36.9 Å². The van der Waals surface area contributed by atoms with Crippen molar-refractivity contribution < 1.29 is 22.9 Å². The molecule has 2 nitrogen and oxygen atoms in total. The average Bonchev–Trinajstić information content (AvgIpc) is 2.42. The van der Waals surface area contributed by atoms with Gasteiger partial charge in [-0.25, -0.2) is 0 Å². The molecule has 0 radical (unpaired) electrons. The molecule has 0 aliphatic carbocycles. The first-order valence-electron chi connectivity index (χ1n) is 5.92. The van der Waals surface area contributed by atoms with Crippen LogP contribution in [0.1, 0.15) is 17.2 Å². The number of halogens is 1. The first-order chi connectivity index (χ1) is 8.42. The maximum Gasteiger partial charge on any atom is 0.108 e. The Morgan fingerprint density at radius 2 is 1.28 bits per heavy atom. The van der Waals surface area contributed by atoms with Gasteiger partial charge in [0.25, 0.3) is 0 Å². The van der Waals surface area contributed by atoms with E-state index in [1.54, 1.807) is 0 Å². The second-order valence-corrected chi connectivity index (χ2v) is 3.93. The number of ether oxygens (including phenoxy) is 1. The normalized spacial score (nSPS) is 10.1. The fourth-order valence-electron chi connectivity index (χ4n) is 1.84. The van der Waals surface area contributed by atoms with Gasteiger partial charge in [-0.1, -0.05) is 60.7 Å². The average molecular weight is 264 g/mol. The van der Waals surface area contributed by atoms with E-state index >= 15 is 0 Å². The number of rotatable bonds is 5. The fraction of sp³-hybridized carbons (Fsp3) is 0.200. The summed E-state index contributed by atoms with van der Waals surface area (Å²) in [4.78, 5) is 0. The minimum atomic E-state index is 0. The van der Waals surface area contributed by atoms with Crippen LogP contribution < -0.4 is 18.1 Å². The lowest BCUT2D eigenvalue weighted by molar-refractivity contribution is -0.375. The van der Waals surface area contributed by atoms with Crippen molar-refractivity contribution in [2.45, 2.75) is 6.10 Å². The highest BCUT2D eigenvalue weighted by Crippen LogP contribution is 2.25. The summed E-state index contributed by atoms with van der Waals surface area (Å²) >= 11 is 0. The standard InChI is InChI=1S/C15H17NO.ClH/c16-11-12-17-15(13-7-3-1-4-8-13)14-9-5-2-6-10-14;/h1-10,15H,11-12,16H2;1H. The quantitative estimate of drug-likeness (QED) is 0.741. The van der Waals surface area contributed by atoms with Crippen molar-refractivity contribution in [2.24, 2.45) is 0 Å². The highest BCUT2D eigenvalue weighted by Gasteiger charge is 2.13. The maximum atomic E-state index is 5.90. The molecule has 18 heavy (non-hydrogen) atoms. The fourth-order valence-corrected chi connectivity index (χ4v) is 1.84. The summed E-state index contributed by atoms with van der Waals surface area (Å²) in [5.74, 6) is 0. The van der Waals surface area contributed by atoms with Crippen molar-refractivity contribution >= 4 is 0 Å². The molecule has 0 unspecified atom stereocenters. The lowest BCUT2D eigenvalue weighted by atomic mass is 10.0. The van der Waals surface area contributed by atoms with Gasteiger partial charge in [-0.15, -0.1) is 0 Å². The van der Waals surface area contributed by atoms with Gasteiger partial charge in [-0.3, -0.25) is 0 Å². The Morgan fingerprint density at radius 1 is 0.833 bits per heavy atom. The smallest absolute Gasteiger partial charge is 0.108 e. The molecule has 2 rings (SSSR count). The molecule has 0 aliphatic rings. The molecule has 0 saturated carbocycles. The summed E-state index contributed by atoms with van der Waals surface area (Å²) in [6.45, 7) is 1.46. The minimum Gasteiger partial charge on any atom is -1.00 e. The van der Waals surface area contributed by atoms with Gasteiger partial charge in [0.2, 0.25) is 0 Å². The van der Waals surface area contributed by atoms with E-state index in [0.29, 0.717) is 6.61 Å². The second kappa shape index (κ2) is 7.88. The molecule has 0 atom stereocenters. The molecular formula is C15H18ClNO. The Balaban J connectivity index is 0.00000162. The molecule has 0 fully saturated rings. The SMILES string of the molecule is [Cl-].[NH3+]CCOC(c1ccccc1)c1ccccc1. The highest BCUT2D eigenvalue weighted by atomic mass is 35.5. The van der Waals surface area contributed by atoms with Gasteiger partial charge in [0.05, 0.1) is 13.2 Å². The molecule has 3 heteroatoms. The van der Waals surface area contributed by atoms with Crippen LogP contribution >= 0.6 is 0 Å². The van der Waals surface area contributed by atoms with Gasteiger partial charge in [-0.2, -0.15) is 0 Å². The Kier molecular flexibility index (Phi) is 6.44. The summed E-state index contributed by atoms with van der Waals surface area (Å²) in [5.41, 5.74) is 6.19. The van der Waals surface area contributed by atoms with Crippen LogP contribution in [0.25, 0.3) is 0 Å². The predicted molar refractivity (Wildman–Crippen MR) is 68.4 cm³/mol. The summed E-state index contributed by atoms with van der Waals surface area (Å²) in [5, 5.41) is 0. The summed E-state index contributed by atoms with van der Waals surface area (Å²) in [6, 6.07) is 20.6. The molecule has 0 aliphatic heterocycles. The van der Waals surface area contributed by atoms with Gasteiger partial charge in [0, 0.05) is 0 Å². The first kappa shape index (κ1) is 14.7. The number of hydrogen-bond acceptors (Lipinski definition) is 1. The first-order valence-corrected chi connectivity index (χ1v) is 5.92. The van der Waals surface area contributed by atoms with Crippen molar-refractivity contribution in [3.63, 3.8) is 0 Å². The lowest BCUT2D eigenvalue weighted by Gasteiger charge is -2.18. The number of benzene rings is 2. The van der Waals surface area contributed by atoms with Crippen LogP contribution in [0, 0.1) is 0 Å². The van der Waals surface area contributed by atoms with Crippen LogP contribution in [0.15, 0.2) is 60.7 Å². The van der Waals surface area contributed by atoms with E-state index < -0.39 is 0 Å². The summed E-state index contributed by atoms with van der Waals surface area (Å²) in [6.07, 6.45) is 0.0131. The lowest BCUT2D eigenvalue weighted by Crippen LogP contribution is -3.00. The van der Waals surface area contributed by atoms with Crippen LogP contribution in [-0.2, 0) is 4.74 Å². The van der Waals surface area contributed by atoms with Crippen LogP contribution in [0.2, 0.25) is 0 Å². The zero-order valence-electron chi connectivity index (χ0n) is 10.3. The van der Waals surface area contributed by atoms with Crippen molar-refractivity contribution in [2.75, 3.05) is 13.2 Å². The Bertz CT molecular complexity index is 393. The Labute approximate surface area is 114 Å². The maximum absolute atomic E-state index is 5.90. The minimum absolute atomic E-state index is 0. The van der Waals surface area contributed by atoms with Gasteiger partial charge in [-0.05, 0) is 11.1 Å². The van der Waals surface area contributed by atoms with E-state index in [2.05, 4.69) is 30.0 Å². The monoisotopic (exact) mass is 263 g/mol. The van der Waals surface area contributed by atoms with E-state index in [9.17, 15) is 0 Å². The van der Waals surface area contributed by atoms with Gasteiger partial charge in [0.1, 0.15) is 6.10 Å². The Morgan fingerprint density at radius 3 is 1.67 bits per heavy atom. The molecule has 0 aromatic heterocycles. The van der Waals surface area contributed by atoms with E-state index in [1.165, 1.54) is 11.1 Å². The van der Waals surface area contributed by atoms with Crippen molar-refractivity contribution in [1.29, 1.82) is 0 Å². The second-order valence-electron chi connectivity index (χ2n) is 3.93. The third-order valence-corrected chi connectivity index (χ3v) is 2.63. The third kappa shape index (κ3) is 3.84. The van der Waals surface area contributed by atoms with E-state index in [4.69, 9.17) is 4.74 Å². The molecular weight excluding hydrogens is 246 g/mol. The molecule has 3 N–H and O–H groups in total. The van der Waals surface area contributed by atoms with Crippen molar-refractivity contribution in [1.82, 2.24) is 0 Å². The molecule has 0 bridgehead atoms. The van der Waals surface area contributed by atoms with E-state index in [-0.39, 0.29) is 18.5 Å². The molecule has 0 saturated heterocycles. The number of quaternary nitrogens is 1. The molecule has 2 aromatic rings. The zero-order valence-corrected chi connectivity index (χ0v) is 11.0. The molecule has 2 aromatic carbocycles. The van der Waals surface area contributed by atoms with E-state index in [1.807, 2.05) is 36.4 Å². The largest absolute Gasteiger partial charge is 1.00 e. The molecule has 96 valence electrons. The molecule has 0 amide bonds. The van der Waals surface area contributed by atoms with Gasteiger partial charge < -0.3 is 22.9 Å². The van der Waals surface area contributed by atoms with Crippen LogP contribution in [-0.4, -0.2) is 13.2 Å². The summed E-state index contributed by atoms with van der Waals surface area (Å²) in [7, 11) is 0. The number of hydrogen-bond donors (Lipinski definition) is 1. The zero-order chi connectivity index (χ0) is 11.9. The predicted octanol–water partition coefficient (Wildman–Crippen LogP) is -0.961.